The van der Waals surface area contributed by atoms with Crippen LogP contribution in [0.1, 0.15) is 43.1 Å². The summed E-state index contributed by atoms with van der Waals surface area (Å²) >= 11 is 0. The first-order valence-corrected chi connectivity index (χ1v) is 6.39. The average molecular weight is 249 g/mol. The normalized spacial score (nSPS) is 10.6. The zero-order chi connectivity index (χ0) is 13.7. The number of nitrogen functional groups attached to an aromatic ring is 1. The van der Waals surface area contributed by atoms with E-state index < -0.39 is 0 Å². The number of carbonyl (C=O) groups is 1. The number of nitrogens with zero attached hydrogens (tertiary/aromatic N) is 1. The van der Waals surface area contributed by atoms with Gasteiger partial charge in [-0.25, -0.2) is 0 Å². The van der Waals surface area contributed by atoms with Crippen LogP contribution in [0, 0.1) is 6.92 Å². The summed E-state index contributed by atoms with van der Waals surface area (Å²) in [6.07, 6.45) is 0.964. The maximum atomic E-state index is 12.4. The van der Waals surface area contributed by atoms with Gasteiger partial charge in [0.15, 0.2) is 0 Å². The van der Waals surface area contributed by atoms with Gasteiger partial charge in [0.25, 0.3) is 5.91 Å². The van der Waals surface area contributed by atoms with Crippen molar-refractivity contribution in [2.24, 2.45) is 5.84 Å². The first kappa shape index (κ1) is 14.5. The summed E-state index contributed by atoms with van der Waals surface area (Å²) in [5.74, 6) is 5.47. The van der Waals surface area contributed by atoms with E-state index in [9.17, 15) is 4.79 Å². The highest BCUT2D eigenvalue weighted by Crippen LogP contribution is 2.17. The Kier molecular flexibility index (Phi) is 5.16. The van der Waals surface area contributed by atoms with Gasteiger partial charge in [-0.05, 0) is 51.0 Å². The Morgan fingerprint density at radius 2 is 2.11 bits per heavy atom. The number of hydrogen-bond acceptors (Lipinski definition) is 3. The number of rotatable bonds is 5. The third kappa shape index (κ3) is 3.23. The molecule has 4 nitrogen and oxygen atoms in total. The van der Waals surface area contributed by atoms with Crippen molar-refractivity contribution >= 4 is 11.6 Å². The summed E-state index contributed by atoms with van der Waals surface area (Å²) in [7, 11) is 0. The minimum Gasteiger partial charge on any atom is -0.336 e. The molecule has 0 aliphatic heterocycles. The Balaban J connectivity index is 2.98. The van der Waals surface area contributed by atoms with E-state index in [1.54, 1.807) is 0 Å². The second kappa shape index (κ2) is 6.40. The van der Waals surface area contributed by atoms with Crippen molar-refractivity contribution in [2.75, 3.05) is 12.0 Å². The number of nitrogens with one attached hydrogen (secondary N) is 1. The van der Waals surface area contributed by atoms with Crippen molar-refractivity contribution in [3.05, 3.63) is 29.3 Å². The van der Waals surface area contributed by atoms with Crippen LogP contribution in [0.5, 0.6) is 0 Å². The van der Waals surface area contributed by atoms with E-state index in [2.05, 4.69) is 12.3 Å². The van der Waals surface area contributed by atoms with Crippen LogP contribution in [0.15, 0.2) is 18.2 Å². The molecule has 3 N–H and O–H groups in total. The lowest BCUT2D eigenvalue weighted by molar-refractivity contribution is 0.0706. The molecule has 0 atom stereocenters. The Bertz CT molecular complexity index is 416. The topological polar surface area (TPSA) is 58.4 Å². The molecule has 100 valence electrons. The lowest BCUT2D eigenvalue weighted by atomic mass is 10.1. The van der Waals surface area contributed by atoms with Gasteiger partial charge in [-0.1, -0.05) is 6.92 Å². The van der Waals surface area contributed by atoms with Crippen LogP contribution in [0.2, 0.25) is 0 Å². The van der Waals surface area contributed by atoms with E-state index >= 15 is 0 Å². The molecule has 0 saturated heterocycles. The van der Waals surface area contributed by atoms with Crippen LogP contribution in [-0.2, 0) is 0 Å². The molecule has 0 heterocycles. The fourth-order valence-corrected chi connectivity index (χ4v) is 1.96. The van der Waals surface area contributed by atoms with Gasteiger partial charge in [0.1, 0.15) is 0 Å². The molecule has 0 fully saturated rings. The van der Waals surface area contributed by atoms with Gasteiger partial charge in [-0.3, -0.25) is 10.6 Å². The van der Waals surface area contributed by atoms with E-state index in [0.717, 1.165) is 24.2 Å². The number of benzene rings is 1. The van der Waals surface area contributed by atoms with Crippen LogP contribution in [0.4, 0.5) is 5.69 Å². The SMILES string of the molecule is CCCN(C(=O)c1ccc(NN)c(C)c1)C(C)C. The quantitative estimate of drug-likeness (QED) is 0.623. The second-order valence-electron chi connectivity index (χ2n) is 4.77. The number of aryl methyl sites for hydroxylation is 1. The molecular formula is C14H23N3O. The number of carbonyl (C=O) groups excluding carboxylic acids is 1. The monoisotopic (exact) mass is 249 g/mol. The van der Waals surface area contributed by atoms with Crippen molar-refractivity contribution in [3.63, 3.8) is 0 Å². The zero-order valence-corrected chi connectivity index (χ0v) is 11.7. The van der Waals surface area contributed by atoms with Crippen LogP contribution in [-0.4, -0.2) is 23.4 Å². The molecule has 1 aromatic carbocycles. The lowest BCUT2D eigenvalue weighted by Gasteiger charge is -2.26. The Labute approximate surface area is 109 Å². The molecule has 0 aliphatic rings. The summed E-state index contributed by atoms with van der Waals surface area (Å²) in [6.45, 7) is 8.87. The largest absolute Gasteiger partial charge is 0.336 e. The molecule has 0 spiro atoms. The van der Waals surface area contributed by atoms with E-state index in [0.29, 0.717) is 5.56 Å². The number of hydrazine groups is 1. The summed E-state index contributed by atoms with van der Waals surface area (Å²) in [5, 5.41) is 0. The smallest absolute Gasteiger partial charge is 0.254 e. The van der Waals surface area contributed by atoms with Crippen molar-refractivity contribution in [1.29, 1.82) is 0 Å². The minimum absolute atomic E-state index is 0.0820. The predicted octanol–water partition coefficient (Wildman–Crippen LogP) is 2.54. The van der Waals surface area contributed by atoms with Gasteiger partial charge in [-0.2, -0.15) is 0 Å². The number of nitrogens with two attached hydrogens (primary N) is 1. The average Bonchev–Trinajstić information content (AvgIpc) is 2.34. The van der Waals surface area contributed by atoms with Crippen molar-refractivity contribution < 1.29 is 4.79 Å². The summed E-state index contributed by atoms with van der Waals surface area (Å²) < 4.78 is 0. The van der Waals surface area contributed by atoms with Crippen molar-refractivity contribution in [1.82, 2.24) is 4.90 Å². The Morgan fingerprint density at radius 3 is 2.56 bits per heavy atom. The summed E-state index contributed by atoms with van der Waals surface area (Å²) in [4.78, 5) is 14.3. The standard InChI is InChI=1S/C14H23N3O/c1-5-8-17(10(2)3)14(18)12-6-7-13(16-15)11(4)9-12/h6-7,9-10,16H,5,8,15H2,1-4H3. The third-order valence-electron chi connectivity index (χ3n) is 2.98. The molecule has 1 aromatic rings. The van der Waals surface area contributed by atoms with Gasteiger partial charge in [0.05, 0.1) is 5.69 Å². The first-order chi connectivity index (χ1) is 8.51. The summed E-state index contributed by atoms with van der Waals surface area (Å²) in [6, 6.07) is 5.75. The fourth-order valence-electron chi connectivity index (χ4n) is 1.96. The van der Waals surface area contributed by atoms with E-state index in [4.69, 9.17) is 5.84 Å². The molecule has 4 heteroatoms. The first-order valence-electron chi connectivity index (χ1n) is 6.39. The highest BCUT2D eigenvalue weighted by molar-refractivity contribution is 5.95. The fraction of sp³-hybridized carbons (Fsp3) is 0.500. The molecule has 18 heavy (non-hydrogen) atoms. The molecule has 1 amide bonds. The third-order valence-corrected chi connectivity index (χ3v) is 2.98. The van der Waals surface area contributed by atoms with Crippen LogP contribution in [0.25, 0.3) is 0 Å². The molecule has 1 rings (SSSR count). The highest BCUT2D eigenvalue weighted by Gasteiger charge is 2.18. The van der Waals surface area contributed by atoms with Gasteiger partial charge in [0, 0.05) is 18.2 Å². The highest BCUT2D eigenvalue weighted by atomic mass is 16.2. The number of hydrogen-bond donors (Lipinski definition) is 2. The van der Waals surface area contributed by atoms with Crippen LogP contribution >= 0.6 is 0 Å². The molecule has 0 aliphatic carbocycles. The molecule has 0 radical (unpaired) electrons. The summed E-state index contributed by atoms with van der Waals surface area (Å²) in [5.41, 5.74) is 5.15. The van der Waals surface area contributed by atoms with Crippen LogP contribution < -0.4 is 11.3 Å². The van der Waals surface area contributed by atoms with Crippen LogP contribution in [0.3, 0.4) is 0 Å². The number of anilines is 1. The van der Waals surface area contributed by atoms with E-state index in [-0.39, 0.29) is 11.9 Å². The maximum Gasteiger partial charge on any atom is 0.254 e. The van der Waals surface area contributed by atoms with Crippen molar-refractivity contribution in [2.45, 2.75) is 40.2 Å². The second-order valence-corrected chi connectivity index (χ2v) is 4.77. The maximum absolute atomic E-state index is 12.4. The van der Waals surface area contributed by atoms with Gasteiger partial charge in [0.2, 0.25) is 0 Å². The zero-order valence-electron chi connectivity index (χ0n) is 11.7. The predicted molar refractivity (Wildman–Crippen MR) is 75.5 cm³/mol. The minimum atomic E-state index is 0.0820. The lowest BCUT2D eigenvalue weighted by Crippen LogP contribution is -2.37. The van der Waals surface area contributed by atoms with Crippen molar-refractivity contribution in [3.8, 4) is 0 Å². The molecule has 0 bridgehead atoms. The molecule has 0 unspecified atom stereocenters. The van der Waals surface area contributed by atoms with Gasteiger partial charge in [-0.15, -0.1) is 0 Å². The van der Waals surface area contributed by atoms with E-state index in [1.807, 2.05) is 43.9 Å². The molecule has 0 saturated carbocycles. The van der Waals surface area contributed by atoms with E-state index in [1.165, 1.54) is 0 Å². The molecular weight excluding hydrogens is 226 g/mol. The Morgan fingerprint density at radius 1 is 1.44 bits per heavy atom. The Hall–Kier alpha value is -1.55. The number of amides is 1. The van der Waals surface area contributed by atoms with Gasteiger partial charge >= 0.3 is 0 Å². The van der Waals surface area contributed by atoms with Gasteiger partial charge < -0.3 is 10.3 Å². The molecule has 0 aromatic heterocycles.